The van der Waals surface area contributed by atoms with Crippen LogP contribution in [-0.2, 0) is 6.54 Å². The Balaban J connectivity index is 3.36. The Bertz CT molecular complexity index is 243. The Morgan fingerprint density at radius 2 is 1.27 bits per heavy atom. The van der Waals surface area contributed by atoms with E-state index in [1.54, 1.807) is 0 Å². The molecule has 1 heterocycles. The quantitative estimate of drug-likeness (QED) is 0.581. The maximum atomic E-state index is 2.37. The summed E-state index contributed by atoms with van der Waals surface area (Å²) in [4.78, 5) is 0. The predicted molar refractivity (Wildman–Crippen MR) is 49.1 cm³/mol. The highest BCUT2D eigenvalue weighted by atomic mass is 15.0. The number of aromatic nitrogens is 1. The first kappa shape index (κ1) is 8.38. The van der Waals surface area contributed by atoms with Gasteiger partial charge in [0.1, 0.15) is 0 Å². The van der Waals surface area contributed by atoms with Crippen LogP contribution in [0.3, 0.4) is 0 Å². The minimum absolute atomic E-state index is 1.09. The summed E-state index contributed by atoms with van der Waals surface area (Å²) in [6.45, 7) is 12.1. The number of rotatable bonds is 1. The van der Waals surface area contributed by atoms with E-state index in [4.69, 9.17) is 0 Å². The predicted octanol–water partition coefficient (Wildman–Crippen LogP) is 2.74. The van der Waals surface area contributed by atoms with E-state index < -0.39 is 0 Å². The van der Waals surface area contributed by atoms with E-state index in [0.717, 1.165) is 6.54 Å². The van der Waals surface area contributed by atoms with Crippen molar-refractivity contribution in [2.75, 3.05) is 0 Å². The second-order valence-electron chi connectivity index (χ2n) is 3.17. The number of hydrogen-bond acceptors (Lipinski definition) is 0. The molecule has 0 spiro atoms. The third-order valence-corrected chi connectivity index (χ3v) is 2.77. The van der Waals surface area contributed by atoms with E-state index in [1.807, 2.05) is 0 Å². The molecule has 0 saturated heterocycles. The van der Waals surface area contributed by atoms with Crippen molar-refractivity contribution in [2.45, 2.75) is 41.2 Å². The molecule has 11 heavy (non-hydrogen) atoms. The molecule has 1 rings (SSSR count). The largest absolute Gasteiger partial charge is 0.349 e. The fourth-order valence-electron chi connectivity index (χ4n) is 1.67. The van der Waals surface area contributed by atoms with Crippen molar-refractivity contribution in [3.05, 3.63) is 22.5 Å². The lowest BCUT2D eigenvalue weighted by molar-refractivity contribution is 0.715. The van der Waals surface area contributed by atoms with E-state index in [-0.39, 0.29) is 0 Å². The fourth-order valence-corrected chi connectivity index (χ4v) is 1.67. The molecule has 0 unspecified atom stereocenters. The van der Waals surface area contributed by atoms with Crippen LogP contribution < -0.4 is 0 Å². The molecule has 1 heteroatoms. The van der Waals surface area contributed by atoms with E-state index in [0.29, 0.717) is 0 Å². The van der Waals surface area contributed by atoms with Crippen LogP contribution in [0.2, 0.25) is 0 Å². The second kappa shape index (κ2) is 2.72. The Morgan fingerprint density at radius 3 is 1.45 bits per heavy atom. The number of hydrogen-bond donors (Lipinski definition) is 0. The van der Waals surface area contributed by atoms with Gasteiger partial charge in [-0.3, -0.25) is 0 Å². The van der Waals surface area contributed by atoms with Gasteiger partial charge in [0.2, 0.25) is 0 Å². The Kier molecular flexibility index (Phi) is 2.08. The van der Waals surface area contributed by atoms with Crippen molar-refractivity contribution in [1.82, 2.24) is 4.57 Å². The molecule has 0 N–H and O–H groups in total. The molecule has 0 fully saturated rings. The van der Waals surface area contributed by atoms with Crippen LogP contribution in [0.1, 0.15) is 29.4 Å². The van der Waals surface area contributed by atoms with Crippen molar-refractivity contribution in [2.24, 2.45) is 0 Å². The molecule has 0 aromatic carbocycles. The molecule has 0 amide bonds. The van der Waals surface area contributed by atoms with Gasteiger partial charge in [0.25, 0.3) is 0 Å². The van der Waals surface area contributed by atoms with Gasteiger partial charge in [-0.25, -0.2) is 0 Å². The van der Waals surface area contributed by atoms with Gasteiger partial charge in [0.05, 0.1) is 0 Å². The van der Waals surface area contributed by atoms with E-state index >= 15 is 0 Å². The summed E-state index contributed by atoms with van der Waals surface area (Å²) in [5.74, 6) is 0. The minimum Gasteiger partial charge on any atom is -0.349 e. The van der Waals surface area contributed by atoms with Crippen LogP contribution >= 0.6 is 0 Å². The summed E-state index contributed by atoms with van der Waals surface area (Å²) in [6, 6.07) is 0. The Labute approximate surface area is 69.0 Å². The molecule has 0 bridgehead atoms. The van der Waals surface area contributed by atoms with Crippen LogP contribution in [-0.4, -0.2) is 4.57 Å². The van der Waals surface area contributed by atoms with Gasteiger partial charge in [0, 0.05) is 17.9 Å². The molecular weight excluding hydrogens is 134 g/mol. The molecule has 0 aliphatic heterocycles. The van der Waals surface area contributed by atoms with Crippen molar-refractivity contribution in [3.63, 3.8) is 0 Å². The smallest absolute Gasteiger partial charge is 0.0196 e. The zero-order valence-corrected chi connectivity index (χ0v) is 8.15. The summed E-state index contributed by atoms with van der Waals surface area (Å²) in [5.41, 5.74) is 5.73. The van der Waals surface area contributed by atoms with Gasteiger partial charge in [-0.2, -0.15) is 0 Å². The van der Waals surface area contributed by atoms with Gasteiger partial charge in [-0.15, -0.1) is 0 Å². The molecule has 0 radical (unpaired) electrons. The van der Waals surface area contributed by atoms with E-state index in [9.17, 15) is 0 Å². The van der Waals surface area contributed by atoms with Gasteiger partial charge < -0.3 is 4.57 Å². The van der Waals surface area contributed by atoms with Crippen LogP contribution in [0.15, 0.2) is 0 Å². The van der Waals surface area contributed by atoms with Crippen molar-refractivity contribution < 1.29 is 0 Å². The highest BCUT2D eigenvalue weighted by Crippen LogP contribution is 2.19. The number of nitrogens with zero attached hydrogens (tertiary/aromatic N) is 1. The molecule has 0 aliphatic rings. The van der Waals surface area contributed by atoms with E-state index in [1.165, 1.54) is 22.5 Å². The molecular formula is C10H17N. The maximum Gasteiger partial charge on any atom is 0.0196 e. The molecule has 62 valence electrons. The molecule has 1 aromatic heterocycles. The average Bonchev–Trinajstić information content (AvgIpc) is 2.17. The summed E-state index contributed by atoms with van der Waals surface area (Å²) in [6.07, 6.45) is 0. The van der Waals surface area contributed by atoms with Crippen LogP contribution in [0.25, 0.3) is 0 Å². The zero-order valence-electron chi connectivity index (χ0n) is 8.15. The monoisotopic (exact) mass is 151 g/mol. The third kappa shape index (κ3) is 1.09. The van der Waals surface area contributed by atoms with Crippen molar-refractivity contribution in [1.29, 1.82) is 0 Å². The molecule has 0 saturated carbocycles. The lowest BCUT2D eigenvalue weighted by Gasteiger charge is -2.04. The fraction of sp³-hybridized carbons (Fsp3) is 0.600. The summed E-state index contributed by atoms with van der Waals surface area (Å²) < 4.78 is 2.37. The van der Waals surface area contributed by atoms with Crippen molar-refractivity contribution >= 4 is 0 Å². The van der Waals surface area contributed by atoms with Crippen LogP contribution in [0.5, 0.6) is 0 Å². The SMILES string of the molecule is CCn1c(C)c(C)c(C)c1C. The standard InChI is InChI=1S/C10H17N/c1-6-11-9(4)7(2)8(3)10(11)5/h6H2,1-5H3. The third-order valence-electron chi connectivity index (χ3n) is 2.77. The topological polar surface area (TPSA) is 4.93 Å². The van der Waals surface area contributed by atoms with Gasteiger partial charge >= 0.3 is 0 Å². The summed E-state index contributed by atoms with van der Waals surface area (Å²) in [5, 5.41) is 0. The van der Waals surface area contributed by atoms with Crippen molar-refractivity contribution in [3.8, 4) is 0 Å². The Hall–Kier alpha value is -0.720. The molecule has 1 nitrogen and oxygen atoms in total. The highest BCUT2D eigenvalue weighted by Gasteiger charge is 2.08. The van der Waals surface area contributed by atoms with Crippen LogP contribution in [0.4, 0.5) is 0 Å². The van der Waals surface area contributed by atoms with Crippen LogP contribution in [0, 0.1) is 27.7 Å². The molecule has 1 aromatic rings. The maximum absolute atomic E-state index is 2.37. The first-order chi connectivity index (χ1) is 5.09. The summed E-state index contributed by atoms with van der Waals surface area (Å²) >= 11 is 0. The van der Waals surface area contributed by atoms with Gasteiger partial charge in [-0.1, -0.05) is 0 Å². The zero-order chi connectivity index (χ0) is 8.59. The second-order valence-corrected chi connectivity index (χ2v) is 3.17. The Morgan fingerprint density at radius 1 is 0.909 bits per heavy atom. The summed E-state index contributed by atoms with van der Waals surface area (Å²) in [7, 11) is 0. The normalized spacial score (nSPS) is 10.6. The molecule has 0 aliphatic carbocycles. The minimum atomic E-state index is 1.09. The van der Waals surface area contributed by atoms with E-state index in [2.05, 4.69) is 39.2 Å². The average molecular weight is 151 g/mol. The van der Waals surface area contributed by atoms with Gasteiger partial charge in [-0.05, 0) is 45.7 Å². The molecule has 0 atom stereocenters. The van der Waals surface area contributed by atoms with Gasteiger partial charge in [0.15, 0.2) is 0 Å². The lowest BCUT2D eigenvalue weighted by Crippen LogP contribution is -1.98. The highest BCUT2D eigenvalue weighted by molar-refractivity contribution is 5.35. The first-order valence-electron chi connectivity index (χ1n) is 4.22. The lowest BCUT2D eigenvalue weighted by atomic mass is 10.2. The first-order valence-corrected chi connectivity index (χ1v) is 4.22.